The minimum absolute atomic E-state index is 0.0476. The van der Waals surface area contributed by atoms with Gasteiger partial charge in [0, 0.05) is 6.54 Å². The Balaban J connectivity index is 1.84. The van der Waals surface area contributed by atoms with Crippen molar-refractivity contribution in [3.05, 3.63) is 24.6 Å². The third-order valence-electron chi connectivity index (χ3n) is 5.85. The summed E-state index contributed by atoms with van der Waals surface area (Å²) in [5.41, 5.74) is -2.26. The summed E-state index contributed by atoms with van der Waals surface area (Å²) in [6.07, 6.45) is -0.0347. The Kier molecular flexibility index (Phi) is 13.6. The first-order valence-corrected chi connectivity index (χ1v) is 15.3. The molecular weight excluding hydrogens is 618 g/mol. The fourth-order valence-corrected chi connectivity index (χ4v) is 4.23. The van der Waals surface area contributed by atoms with Crippen LogP contribution in [-0.4, -0.2) is 91.5 Å². The fourth-order valence-electron chi connectivity index (χ4n) is 4.23. The predicted octanol–water partition coefficient (Wildman–Crippen LogP) is 3.02. The van der Waals surface area contributed by atoms with Gasteiger partial charge in [-0.05, 0) is 68.7 Å². The molecule has 47 heavy (non-hydrogen) atoms. The van der Waals surface area contributed by atoms with E-state index >= 15 is 0 Å². The Bertz CT molecular complexity index is 1230. The van der Waals surface area contributed by atoms with Crippen molar-refractivity contribution in [2.45, 2.75) is 97.7 Å². The standard InChI is InChI=1S/C31H49N5O11/c1-18(34-26(39)45-29(2,3)4)32-15-17-43-24(38)22-20-13-12-19(44-20)21(22)23(37)42-16-11-14-33-25(35-27(40)46-30(5,6)7)36-28(41)47-31(8,9)10/h12-13,19-22,32H,1,11,14-17H2,2-10H3,(H,34,39)(H2,33,35,36,40,41). The maximum absolute atomic E-state index is 13.0. The molecule has 0 aliphatic carbocycles. The van der Waals surface area contributed by atoms with Crippen LogP contribution in [0.15, 0.2) is 29.5 Å². The lowest BCUT2D eigenvalue weighted by atomic mass is 9.83. The number of esters is 2. The zero-order valence-corrected chi connectivity index (χ0v) is 28.6. The number of hydrogen-bond donors (Lipinski definition) is 4. The maximum atomic E-state index is 13.0. The lowest BCUT2D eigenvalue weighted by molar-refractivity contribution is -0.159. The Morgan fingerprint density at radius 2 is 1.19 bits per heavy atom. The average molecular weight is 668 g/mol. The fraction of sp³-hybridized carbons (Fsp3) is 0.677. The van der Waals surface area contributed by atoms with E-state index in [0.29, 0.717) is 0 Å². The van der Waals surface area contributed by atoms with Crippen LogP contribution in [0.4, 0.5) is 14.4 Å². The van der Waals surface area contributed by atoms with Gasteiger partial charge in [-0.1, -0.05) is 18.7 Å². The van der Waals surface area contributed by atoms with E-state index < -0.39 is 71.1 Å². The van der Waals surface area contributed by atoms with Crippen LogP contribution < -0.4 is 21.3 Å². The summed E-state index contributed by atoms with van der Waals surface area (Å²) >= 11 is 0. The highest BCUT2D eigenvalue weighted by Crippen LogP contribution is 2.40. The number of rotatable bonds is 11. The molecule has 3 amide bonds. The number of nitrogens with one attached hydrogen (secondary N) is 4. The number of fused-ring (bicyclic) bond motifs is 2. The normalized spacial score (nSPS) is 20.5. The molecule has 2 heterocycles. The topological polar surface area (TPSA) is 201 Å². The molecule has 2 rings (SSSR count). The smallest absolute Gasteiger partial charge is 0.437 e. The molecule has 0 saturated carbocycles. The number of nitrogens with zero attached hydrogens (tertiary/aromatic N) is 1. The van der Waals surface area contributed by atoms with Crippen LogP contribution in [0.3, 0.4) is 0 Å². The second-order valence-corrected chi connectivity index (χ2v) is 13.7. The molecule has 16 heteroatoms. The van der Waals surface area contributed by atoms with E-state index in [4.69, 9.17) is 28.4 Å². The first-order chi connectivity index (χ1) is 21.6. The first-order valence-electron chi connectivity index (χ1n) is 15.3. The van der Waals surface area contributed by atoms with Crippen molar-refractivity contribution in [1.82, 2.24) is 21.3 Å². The summed E-state index contributed by atoms with van der Waals surface area (Å²) in [6.45, 7) is 19.1. The Morgan fingerprint density at radius 1 is 0.702 bits per heavy atom. The number of ether oxygens (including phenoxy) is 6. The van der Waals surface area contributed by atoms with Crippen molar-refractivity contribution in [3.63, 3.8) is 0 Å². The molecule has 0 aromatic heterocycles. The lowest BCUT2D eigenvalue weighted by Crippen LogP contribution is -2.44. The van der Waals surface area contributed by atoms with E-state index in [1.807, 2.05) is 0 Å². The second kappa shape index (κ2) is 16.5. The van der Waals surface area contributed by atoms with Crippen molar-refractivity contribution in [3.8, 4) is 0 Å². The third-order valence-corrected chi connectivity index (χ3v) is 5.85. The zero-order chi connectivity index (χ0) is 35.6. The van der Waals surface area contributed by atoms with Gasteiger partial charge in [0.15, 0.2) is 0 Å². The van der Waals surface area contributed by atoms with Gasteiger partial charge in [0.25, 0.3) is 0 Å². The van der Waals surface area contributed by atoms with Crippen LogP contribution in [0.2, 0.25) is 0 Å². The molecule has 2 aliphatic heterocycles. The summed E-state index contributed by atoms with van der Waals surface area (Å²) in [7, 11) is 0. The highest BCUT2D eigenvalue weighted by Gasteiger charge is 2.54. The zero-order valence-electron chi connectivity index (χ0n) is 28.6. The molecule has 0 spiro atoms. The molecule has 264 valence electrons. The van der Waals surface area contributed by atoms with E-state index in [-0.39, 0.29) is 44.5 Å². The van der Waals surface area contributed by atoms with Gasteiger partial charge in [-0.15, -0.1) is 4.99 Å². The first kappa shape index (κ1) is 38.8. The van der Waals surface area contributed by atoms with Crippen molar-refractivity contribution in [2.75, 3.05) is 26.3 Å². The van der Waals surface area contributed by atoms with Crippen molar-refractivity contribution < 1.29 is 52.4 Å². The molecule has 2 aliphatic rings. The Morgan fingerprint density at radius 3 is 1.70 bits per heavy atom. The molecule has 2 bridgehead atoms. The van der Waals surface area contributed by atoms with Gasteiger partial charge in [-0.3, -0.25) is 20.2 Å². The van der Waals surface area contributed by atoms with Crippen LogP contribution in [0, 0.1) is 11.8 Å². The number of hydrogen-bond acceptors (Lipinski definition) is 12. The van der Waals surface area contributed by atoms with Gasteiger partial charge in [-0.2, -0.15) is 0 Å². The molecule has 0 aromatic rings. The van der Waals surface area contributed by atoms with E-state index in [2.05, 4.69) is 32.8 Å². The highest BCUT2D eigenvalue weighted by molar-refractivity contribution is 5.98. The van der Waals surface area contributed by atoms with Crippen LogP contribution in [0.1, 0.15) is 68.7 Å². The summed E-state index contributed by atoms with van der Waals surface area (Å²) in [6, 6.07) is 0. The summed E-state index contributed by atoms with van der Waals surface area (Å²) in [4.78, 5) is 66.0. The van der Waals surface area contributed by atoms with Crippen molar-refractivity contribution >= 4 is 36.2 Å². The van der Waals surface area contributed by atoms with Crippen LogP contribution >= 0.6 is 0 Å². The van der Waals surface area contributed by atoms with Crippen LogP contribution in [0.25, 0.3) is 0 Å². The number of amides is 3. The lowest BCUT2D eigenvalue weighted by Gasteiger charge is -2.23. The van der Waals surface area contributed by atoms with E-state index in [1.165, 1.54) is 0 Å². The van der Waals surface area contributed by atoms with Crippen molar-refractivity contribution in [2.24, 2.45) is 16.8 Å². The van der Waals surface area contributed by atoms with Gasteiger partial charge >= 0.3 is 30.2 Å². The highest BCUT2D eigenvalue weighted by atomic mass is 16.6. The average Bonchev–Trinajstić information content (AvgIpc) is 3.49. The molecule has 0 radical (unpaired) electrons. The number of alkyl carbamates (subject to hydrolysis) is 2. The summed E-state index contributed by atoms with van der Waals surface area (Å²) < 4.78 is 32.1. The van der Waals surface area contributed by atoms with Crippen molar-refractivity contribution in [1.29, 1.82) is 0 Å². The minimum atomic E-state index is -0.928. The molecule has 1 saturated heterocycles. The SMILES string of the molecule is C=C(NCCOC(=O)C1C2C=CC(O2)C1C(=O)OCCCN/C(=N/C(=O)OC(C)(C)C)NC(=O)OC(C)(C)C)NC(=O)OC(C)(C)C. The quantitative estimate of drug-likeness (QED) is 0.0626. The summed E-state index contributed by atoms with van der Waals surface area (Å²) in [5.74, 6) is -3.10. The van der Waals surface area contributed by atoms with E-state index in [0.717, 1.165) is 0 Å². The molecule has 1 fully saturated rings. The van der Waals surface area contributed by atoms with Gasteiger partial charge in [0.2, 0.25) is 5.96 Å². The number of guanidine groups is 1. The number of aliphatic imine (C=N–C) groups is 1. The largest absolute Gasteiger partial charge is 0.465 e. The Labute approximate surface area is 275 Å². The third kappa shape index (κ3) is 14.7. The van der Waals surface area contributed by atoms with E-state index in [1.54, 1.807) is 74.5 Å². The van der Waals surface area contributed by atoms with E-state index in [9.17, 15) is 24.0 Å². The second-order valence-electron chi connectivity index (χ2n) is 13.7. The van der Waals surface area contributed by atoms with Gasteiger partial charge in [-0.25, -0.2) is 14.4 Å². The van der Waals surface area contributed by atoms with Crippen LogP contribution in [0.5, 0.6) is 0 Å². The predicted molar refractivity (Wildman–Crippen MR) is 169 cm³/mol. The van der Waals surface area contributed by atoms with Gasteiger partial charge < -0.3 is 39.1 Å². The number of carbonyl (C=O) groups excluding carboxylic acids is 5. The Hall–Kier alpha value is -4.34. The molecular formula is C31H49N5O11. The monoisotopic (exact) mass is 667 g/mol. The maximum Gasteiger partial charge on any atom is 0.437 e. The molecule has 16 nitrogen and oxygen atoms in total. The summed E-state index contributed by atoms with van der Waals surface area (Å²) in [5, 5.41) is 10.4. The van der Waals surface area contributed by atoms with Gasteiger partial charge in [0.1, 0.15) is 41.1 Å². The number of carbonyl (C=O) groups is 5. The minimum Gasteiger partial charge on any atom is -0.465 e. The van der Waals surface area contributed by atoms with Gasteiger partial charge in [0.05, 0.1) is 25.4 Å². The molecule has 4 unspecified atom stereocenters. The van der Waals surface area contributed by atoms with Crippen LogP contribution in [-0.2, 0) is 38.0 Å². The molecule has 0 aromatic carbocycles. The molecule has 4 N–H and O–H groups in total. The molecule has 4 atom stereocenters.